The lowest BCUT2D eigenvalue weighted by Crippen LogP contribution is -2.16. The molecule has 1 aromatic rings. The van der Waals surface area contributed by atoms with Gasteiger partial charge in [0.05, 0.1) is 6.10 Å². The topological polar surface area (TPSA) is 45.9 Å². The highest BCUT2D eigenvalue weighted by Crippen LogP contribution is 2.30. The molecule has 0 amide bonds. The Balaban J connectivity index is 2.74. The minimum atomic E-state index is -4.55. The molecule has 0 fully saturated rings. The largest absolute Gasteiger partial charge is 0.474 e. The van der Waals surface area contributed by atoms with Crippen molar-refractivity contribution < 1.29 is 17.9 Å². The predicted molar refractivity (Wildman–Crippen MR) is 72.8 cm³/mol. The third-order valence-electron chi connectivity index (χ3n) is 3.05. The number of ether oxygens (including phenoxy) is 1. The average molecular weight is 300 g/mol. The number of pyridine rings is 1. The molecule has 116 valence electrons. The minimum Gasteiger partial charge on any atom is -0.474 e. The van der Waals surface area contributed by atoms with E-state index in [4.69, 9.17) is 10.00 Å². The van der Waals surface area contributed by atoms with Gasteiger partial charge in [-0.15, -0.1) is 0 Å². The molecule has 0 spiro atoms. The molecule has 1 unspecified atom stereocenters. The second-order valence-corrected chi connectivity index (χ2v) is 4.94. The molecular formula is C15H19F3N2O. The highest BCUT2D eigenvalue weighted by molar-refractivity contribution is 5.39. The normalized spacial score (nSPS) is 12.8. The van der Waals surface area contributed by atoms with Crippen molar-refractivity contribution in [3.05, 3.63) is 23.4 Å². The Morgan fingerprint density at radius 3 is 2.57 bits per heavy atom. The molecule has 0 saturated carbocycles. The Morgan fingerprint density at radius 2 is 2.00 bits per heavy atom. The molecule has 0 aromatic carbocycles. The highest BCUT2D eigenvalue weighted by Gasteiger charge is 2.33. The van der Waals surface area contributed by atoms with Crippen molar-refractivity contribution in [1.29, 1.82) is 5.26 Å². The van der Waals surface area contributed by atoms with E-state index in [1.54, 1.807) is 13.0 Å². The van der Waals surface area contributed by atoms with Gasteiger partial charge in [-0.25, -0.2) is 4.98 Å². The molecule has 6 heteroatoms. The van der Waals surface area contributed by atoms with Crippen molar-refractivity contribution in [1.82, 2.24) is 4.98 Å². The average Bonchev–Trinajstić information content (AvgIpc) is 2.42. The molecular weight excluding hydrogens is 281 g/mol. The summed E-state index contributed by atoms with van der Waals surface area (Å²) in [5.41, 5.74) is -1.03. The van der Waals surface area contributed by atoms with Crippen molar-refractivity contribution in [3.8, 4) is 11.9 Å². The summed E-state index contributed by atoms with van der Waals surface area (Å²) in [6, 6.07) is 3.68. The standard InChI is InChI=1S/C15H19F3N2O/c1-3-4-5-6-7-11(2)21-14-12(10-19)8-9-13(20-14)15(16,17)18/h8-9,11H,3-7H2,1-2H3. The summed E-state index contributed by atoms with van der Waals surface area (Å²) in [5, 5.41) is 8.92. The number of halogens is 3. The van der Waals surface area contributed by atoms with Gasteiger partial charge >= 0.3 is 6.18 Å². The molecule has 0 aliphatic carbocycles. The van der Waals surface area contributed by atoms with Gasteiger partial charge in [0, 0.05) is 0 Å². The fourth-order valence-electron chi connectivity index (χ4n) is 1.88. The Hall–Kier alpha value is -1.77. The third kappa shape index (κ3) is 5.62. The van der Waals surface area contributed by atoms with Crippen molar-refractivity contribution in [3.63, 3.8) is 0 Å². The zero-order chi connectivity index (χ0) is 15.9. The van der Waals surface area contributed by atoms with Crippen molar-refractivity contribution in [2.24, 2.45) is 0 Å². The van der Waals surface area contributed by atoms with Gasteiger partial charge in [-0.1, -0.05) is 26.2 Å². The number of nitriles is 1. The lowest BCUT2D eigenvalue weighted by molar-refractivity contribution is -0.141. The molecule has 21 heavy (non-hydrogen) atoms. The number of alkyl halides is 3. The van der Waals surface area contributed by atoms with Gasteiger partial charge in [0.1, 0.15) is 17.3 Å². The van der Waals surface area contributed by atoms with Crippen LogP contribution in [0.1, 0.15) is 57.2 Å². The molecule has 0 saturated heterocycles. The van der Waals surface area contributed by atoms with Gasteiger partial charge in [-0.3, -0.25) is 0 Å². The van der Waals surface area contributed by atoms with Gasteiger partial charge in [-0.2, -0.15) is 18.4 Å². The van der Waals surface area contributed by atoms with Crippen LogP contribution in [-0.2, 0) is 6.18 Å². The van der Waals surface area contributed by atoms with Crippen molar-refractivity contribution in [2.75, 3.05) is 0 Å². The van der Waals surface area contributed by atoms with Crippen LogP contribution >= 0.6 is 0 Å². The van der Waals surface area contributed by atoms with Crippen LogP contribution < -0.4 is 4.74 Å². The SMILES string of the molecule is CCCCCCC(C)Oc1nc(C(F)(F)F)ccc1C#N. The van der Waals surface area contributed by atoms with Crippen LogP contribution in [0.3, 0.4) is 0 Å². The molecule has 0 radical (unpaired) electrons. The molecule has 1 aromatic heterocycles. The van der Waals surface area contributed by atoms with Crippen molar-refractivity contribution >= 4 is 0 Å². The quantitative estimate of drug-likeness (QED) is 0.685. The van der Waals surface area contributed by atoms with E-state index >= 15 is 0 Å². The van der Waals surface area contributed by atoms with Gasteiger partial charge in [0.25, 0.3) is 0 Å². The molecule has 0 aliphatic heterocycles. The fourth-order valence-corrected chi connectivity index (χ4v) is 1.88. The number of unbranched alkanes of at least 4 members (excludes halogenated alkanes) is 3. The maximum atomic E-state index is 12.6. The van der Waals surface area contributed by atoms with Crippen LogP contribution in [0.4, 0.5) is 13.2 Å². The number of rotatable bonds is 7. The first-order valence-electron chi connectivity index (χ1n) is 7.03. The van der Waals surface area contributed by atoms with E-state index in [1.807, 2.05) is 0 Å². The first kappa shape index (κ1) is 17.3. The second kappa shape index (κ2) is 7.87. The van der Waals surface area contributed by atoms with E-state index in [0.717, 1.165) is 44.2 Å². The van der Waals surface area contributed by atoms with E-state index in [-0.39, 0.29) is 17.5 Å². The Labute approximate surface area is 122 Å². The molecule has 1 rings (SSSR count). The Bertz CT molecular complexity index is 495. The number of nitrogens with zero attached hydrogens (tertiary/aromatic N) is 2. The molecule has 3 nitrogen and oxygen atoms in total. The van der Waals surface area contributed by atoms with E-state index < -0.39 is 11.9 Å². The van der Waals surface area contributed by atoms with Crippen LogP contribution in [0, 0.1) is 11.3 Å². The van der Waals surface area contributed by atoms with E-state index in [2.05, 4.69) is 11.9 Å². The predicted octanol–water partition coefficient (Wildman–Crippen LogP) is 4.71. The van der Waals surface area contributed by atoms with Gasteiger partial charge in [0.2, 0.25) is 5.88 Å². The molecule has 0 aliphatic rings. The van der Waals surface area contributed by atoms with E-state index in [1.165, 1.54) is 0 Å². The zero-order valence-corrected chi connectivity index (χ0v) is 12.2. The molecule has 1 atom stereocenters. The van der Waals surface area contributed by atoms with Crippen LogP contribution in [-0.4, -0.2) is 11.1 Å². The maximum Gasteiger partial charge on any atom is 0.433 e. The first-order chi connectivity index (χ1) is 9.88. The lowest BCUT2D eigenvalue weighted by atomic mass is 10.1. The molecule has 0 N–H and O–H groups in total. The second-order valence-electron chi connectivity index (χ2n) is 4.94. The van der Waals surface area contributed by atoms with Crippen LogP contribution in [0.25, 0.3) is 0 Å². The smallest absolute Gasteiger partial charge is 0.433 e. The molecule has 1 heterocycles. The summed E-state index contributed by atoms with van der Waals surface area (Å²) < 4.78 is 43.3. The number of hydrogen-bond acceptors (Lipinski definition) is 3. The lowest BCUT2D eigenvalue weighted by Gasteiger charge is -2.16. The Morgan fingerprint density at radius 1 is 1.29 bits per heavy atom. The fraction of sp³-hybridized carbons (Fsp3) is 0.600. The summed E-state index contributed by atoms with van der Waals surface area (Å²) in [5.74, 6) is -0.240. The number of hydrogen-bond donors (Lipinski definition) is 0. The summed E-state index contributed by atoms with van der Waals surface area (Å²) in [4.78, 5) is 3.43. The van der Waals surface area contributed by atoms with Crippen LogP contribution in [0.2, 0.25) is 0 Å². The van der Waals surface area contributed by atoms with Crippen LogP contribution in [0.15, 0.2) is 12.1 Å². The van der Waals surface area contributed by atoms with Gasteiger partial charge in [-0.05, 0) is 31.9 Å². The van der Waals surface area contributed by atoms with Crippen molar-refractivity contribution in [2.45, 2.75) is 58.2 Å². The maximum absolute atomic E-state index is 12.6. The first-order valence-corrected chi connectivity index (χ1v) is 7.03. The number of aromatic nitrogens is 1. The highest BCUT2D eigenvalue weighted by atomic mass is 19.4. The minimum absolute atomic E-state index is 0.0170. The molecule has 0 bridgehead atoms. The summed E-state index contributed by atoms with van der Waals surface area (Å²) >= 11 is 0. The van der Waals surface area contributed by atoms with E-state index in [9.17, 15) is 13.2 Å². The Kier molecular flexibility index (Phi) is 6.47. The van der Waals surface area contributed by atoms with Gasteiger partial charge in [0.15, 0.2) is 0 Å². The third-order valence-corrected chi connectivity index (χ3v) is 3.05. The van der Waals surface area contributed by atoms with Crippen LogP contribution in [0.5, 0.6) is 5.88 Å². The monoisotopic (exact) mass is 300 g/mol. The van der Waals surface area contributed by atoms with Gasteiger partial charge < -0.3 is 4.74 Å². The summed E-state index contributed by atoms with van der Waals surface area (Å²) in [6.45, 7) is 3.88. The zero-order valence-electron chi connectivity index (χ0n) is 12.2. The summed E-state index contributed by atoms with van der Waals surface area (Å²) in [7, 11) is 0. The van der Waals surface area contributed by atoms with E-state index in [0.29, 0.717) is 0 Å². The summed E-state index contributed by atoms with van der Waals surface area (Å²) in [6.07, 6.45) is 0.145.